The van der Waals surface area contributed by atoms with Crippen molar-refractivity contribution >= 4 is 52.9 Å². The van der Waals surface area contributed by atoms with Gasteiger partial charge in [0.1, 0.15) is 52.7 Å². The Morgan fingerprint density at radius 2 is 0.298 bits per heavy atom. The Morgan fingerprint density at radius 1 is 0.213 bits per heavy atom. The summed E-state index contributed by atoms with van der Waals surface area (Å²) in [6.45, 7) is 0. The van der Waals surface area contributed by atoms with Crippen LogP contribution < -0.4 is 21.9 Å². The Kier molecular flexibility index (Phi) is 10.7. The molecule has 0 radical (unpaired) electrons. The molecule has 23 heteroatoms. The van der Waals surface area contributed by atoms with Crippen molar-refractivity contribution in [3.8, 4) is 0 Å². The van der Waals surface area contributed by atoms with Gasteiger partial charge in [0.15, 0.2) is 69.8 Å². The first-order chi connectivity index (χ1) is 21.7. The van der Waals surface area contributed by atoms with Crippen molar-refractivity contribution in [1.82, 2.24) is 0 Å². The molecular weight excluding hydrogens is 717 g/mol. The van der Waals surface area contributed by atoms with Crippen LogP contribution in [0.5, 0.6) is 0 Å². The molecule has 0 aliphatic heterocycles. The van der Waals surface area contributed by atoms with Crippen LogP contribution in [0.25, 0.3) is 0 Å². The molecule has 4 rings (SSSR count). The van der Waals surface area contributed by atoms with Crippen LogP contribution in [0, 0.1) is 116 Å². The summed E-state index contributed by atoms with van der Waals surface area (Å²) in [7, 11) is 2.42. The van der Waals surface area contributed by atoms with E-state index in [4.69, 9.17) is 0 Å². The van der Waals surface area contributed by atoms with Crippen LogP contribution in [0.2, 0.25) is 0 Å². The number of hydrogen-bond acceptors (Lipinski definition) is 0. The van der Waals surface area contributed by atoms with Gasteiger partial charge < -0.3 is 0 Å². The van der Waals surface area contributed by atoms with E-state index in [1.807, 2.05) is 17.2 Å². The van der Waals surface area contributed by atoms with Crippen LogP contribution in [0.15, 0.2) is 0 Å². The Labute approximate surface area is 257 Å². The Hall–Kier alpha value is -3.43. The Morgan fingerprint density at radius 3 is 0.404 bits per heavy atom. The van der Waals surface area contributed by atoms with Crippen LogP contribution in [0.4, 0.5) is 87.8 Å². The molecule has 4 aromatic carbocycles. The predicted octanol–water partition coefficient (Wildman–Crippen LogP) is 5.79. The van der Waals surface area contributed by atoms with E-state index in [0.29, 0.717) is 0 Å². The fourth-order valence-corrected chi connectivity index (χ4v) is 4.87. The van der Waals surface area contributed by atoms with Gasteiger partial charge in [-0.05, 0) is 0 Å². The monoisotopic (exact) mass is 719 g/mol. The molecule has 0 heterocycles. The summed E-state index contributed by atoms with van der Waals surface area (Å²) in [6, 6.07) is 0. The van der Waals surface area contributed by atoms with Crippen molar-refractivity contribution < 1.29 is 87.8 Å². The minimum absolute atomic E-state index is 1.92. The molecule has 47 heavy (non-hydrogen) atoms. The summed E-state index contributed by atoms with van der Waals surface area (Å²) >= 11 is 1.92. The van der Waals surface area contributed by atoms with E-state index in [9.17, 15) is 52.7 Å². The third kappa shape index (κ3) is 5.16. The van der Waals surface area contributed by atoms with Crippen molar-refractivity contribution in [2.24, 2.45) is 0 Å². The summed E-state index contributed by atoms with van der Waals surface area (Å²) in [5, 5.41) is 0. The standard InChI is InChI=1S/C24BF20.Li.H2P/c26-5-1(6(27)14(35)21(42)13(5)34)25(2-7(28)15(36)22(43)16(37)8(2)29,3-9(30)17(38)23(44)18(39)10(3)31)4-11(32)19(40)24(45)20(41)12(4)33;;/h;;1H2/q-1;+1;-1. The molecule has 0 amide bonds. The Bertz CT molecular complexity index is 1580. The van der Waals surface area contributed by atoms with Crippen molar-refractivity contribution in [1.29, 1.82) is 0 Å². The van der Waals surface area contributed by atoms with Crippen molar-refractivity contribution in [2.75, 3.05) is 0 Å². The molecule has 0 fully saturated rings. The van der Waals surface area contributed by atoms with Crippen LogP contribution >= 0.6 is 7.66 Å². The zero-order valence-electron chi connectivity index (χ0n) is 21.7. The van der Waals surface area contributed by atoms with E-state index >= 15 is 35.1 Å². The number of hydrogen-bond donors (Lipinski definition) is 0. The Balaban J connectivity index is 0.00000294. The molecule has 0 aliphatic rings. The number of halogens is 20. The minimum atomic E-state index is -7.22. The summed E-state index contributed by atoms with van der Waals surface area (Å²) in [6.07, 6.45) is -7.22. The van der Waals surface area contributed by atoms with Crippen LogP contribution in [0.1, 0.15) is 0 Å². The molecule has 0 nitrogen and oxygen atoms in total. The van der Waals surface area contributed by atoms with Crippen molar-refractivity contribution in [3.05, 3.63) is 116 Å². The molecule has 0 aromatic heterocycles. The van der Waals surface area contributed by atoms with E-state index in [1.165, 1.54) is 0 Å². The van der Waals surface area contributed by atoms with Gasteiger partial charge in [-0.15, -0.1) is 21.9 Å². The van der Waals surface area contributed by atoms with Gasteiger partial charge in [-0.1, -0.05) is 0 Å². The second-order valence-electron chi connectivity index (χ2n) is 8.80. The van der Waals surface area contributed by atoms with Gasteiger partial charge in [0.2, 0.25) is 0 Å². The molecule has 248 valence electrons. The van der Waals surface area contributed by atoms with Crippen LogP contribution in [-0.2, 0) is 0 Å². The molecule has 0 saturated heterocycles. The zero-order valence-corrected chi connectivity index (χ0v) is 22.9. The average Bonchev–Trinajstić information content (AvgIpc) is 3.05. The third-order valence-electron chi connectivity index (χ3n) is 6.71. The van der Waals surface area contributed by atoms with Gasteiger partial charge in [0.25, 0.3) is 0 Å². The first-order valence-electron chi connectivity index (χ1n) is 11.5. The number of benzene rings is 4. The van der Waals surface area contributed by atoms with Gasteiger partial charge in [0, 0.05) is 0 Å². The topological polar surface area (TPSA) is 0 Å². The van der Waals surface area contributed by atoms with Gasteiger partial charge in [-0.3, -0.25) is 0 Å². The third-order valence-corrected chi connectivity index (χ3v) is 6.71. The van der Waals surface area contributed by atoms with Gasteiger partial charge in [-0.25, -0.2) is 87.8 Å². The molecular formula is C24H2BF20LiP-. The maximum atomic E-state index is 15.4. The van der Waals surface area contributed by atoms with E-state index in [2.05, 4.69) is 7.66 Å². The predicted molar refractivity (Wildman–Crippen MR) is 125 cm³/mol. The quantitative estimate of drug-likeness (QED) is 0.0825. The molecule has 0 aliphatic carbocycles. The first-order valence-corrected chi connectivity index (χ1v) is 12.7. The second-order valence-corrected chi connectivity index (χ2v) is 8.80. The summed E-state index contributed by atoms with van der Waals surface area (Å²) in [4.78, 5) is 0. The summed E-state index contributed by atoms with van der Waals surface area (Å²) in [5.41, 5.74) is -14.3. The van der Waals surface area contributed by atoms with Gasteiger partial charge in [0.05, 0.1) is 0 Å². The van der Waals surface area contributed by atoms with Crippen LogP contribution in [0.3, 0.4) is 0 Å². The number of rotatable bonds is 4. The molecule has 0 N–H and O–H groups in total. The molecule has 1 unspecified atom stereocenters. The van der Waals surface area contributed by atoms with Crippen molar-refractivity contribution in [2.45, 2.75) is 0 Å². The zero-order chi connectivity index (χ0) is 36.4. The van der Waals surface area contributed by atoms with E-state index in [0.717, 1.165) is 0 Å². The van der Waals surface area contributed by atoms with E-state index in [1.54, 1.807) is 0 Å². The van der Waals surface area contributed by atoms with Crippen molar-refractivity contribution in [3.63, 3.8) is 0 Å². The van der Waals surface area contributed by atoms with Crippen LogP contribution in [-0.4, -0.2) is 23.4 Å². The normalized spacial score (nSPS) is 11.6. The molecule has 0 spiro atoms. The average molecular weight is 719 g/mol. The van der Waals surface area contributed by atoms with Gasteiger partial charge >= 0.3 is 24.9 Å². The second kappa shape index (κ2) is 13.2. The molecule has 1 atom stereocenters. The summed E-state index contributed by atoms with van der Waals surface area (Å²) in [5.74, 6) is -71.4. The fourth-order valence-electron chi connectivity index (χ4n) is 4.87. The fraction of sp³-hybridized carbons (Fsp3) is 0. The molecule has 0 bridgehead atoms. The first kappa shape index (κ1) is 38.0. The molecule has 4 aromatic rings. The maximum absolute atomic E-state index is 15.4. The SMILES string of the molecule is Fc1c(F)c(F)c([B-](c2c(F)c(F)c(F)c(F)c2F)(c2c(F)c(F)c(F)c(F)c2F)c2c(F)c(F)c(F)c(F)c2F)c(F)c1F.[Li][PH2]. The van der Waals surface area contributed by atoms with E-state index in [-0.39, 0.29) is 0 Å². The summed E-state index contributed by atoms with van der Waals surface area (Å²) < 4.78 is 294. The molecule has 0 saturated carbocycles. The van der Waals surface area contributed by atoms with E-state index < -0.39 is 144 Å². The van der Waals surface area contributed by atoms with Gasteiger partial charge in [-0.2, -0.15) is 0 Å².